The predicted molar refractivity (Wildman–Crippen MR) is 49.1 cm³/mol. The third kappa shape index (κ3) is 1.28. The van der Waals surface area contributed by atoms with Crippen LogP contribution in [0.2, 0.25) is 0 Å². The lowest BCUT2D eigenvalue weighted by atomic mass is 10.1. The third-order valence-corrected chi connectivity index (χ3v) is 2.20. The molecule has 4 heteroatoms. The Morgan fingerprint density at radius 3 is 2.71 bits per heavy atom. The Hall–Kier alpha value is -1.42. The summed E-state index contributed by atoms with van der Waals surface area (Å²) in [6.45, 7) is -2.80. The first-order valence-corrected chi connectivity index (χ1v) is 4.21. The third-order valence-electron chi connectivity index (χ3n) is 2.20. The first-order valence-electron chi connectivity index (χ1n) is 4.21. The van der Waals surface area contributed by atoms with Gasteiger partial charge in [-0.1, -0.05) is 18.2 Å². The quantitative estimate of drug-likeness (QED) is 0.786. The van der Waals surface area contributed by atoms with Crippen LogP contribution in [0.1, 0.15) is 12.1 Å². The van der Waals surface area contributed by atoms with Crippen molar-refractivity contribution in [1.82, 2.24) is 4.57 Å². The van der Waals surface area contributed by atoms with E-state index < -0.39 is 6.55 Å². The molecule has 0 radical (unpaired) electrons. The maximum absolute atomic E-state index is 12.5. The lowest BCUT2D eigenvalue weighted by Gasteiger charge is -2.06. The largest absolute Gasteiger partial charge is 0.392 e. The van der Waals surface area contributed by atoms with Gasteiger partial charge in [0.05, 0.1) is 12.1 Å². The highest BCUT2D eigenvalue weighted by atomic mass is 19.3. The molecule has 14 heavy (non-hydrogen) atoms. The van der Waals surface area contributed by atoms with Crippen molar-refractivity contribution < 1.29 is 13.9 Å². The summed E-state index contributed by atoms with van der Waals surface area (Å²) in [6.07, 6.45) is 1.33. The number of hydrogen-bond acceptors (Lipinski definition) is 1. The SMILES string of the molecule is OCc1cccc2ccn(C(F)F)c12. The molecule has 0 unspecified atom stereocenters. The topological polar surface area (TPSA) is 25.2 Å². The lowest BCUT2D eigenvalue weighted by molar-refractivity contribution is 0.0749. The first kappa shape index (κ1) is 9.15. The van der Waals surface area contributed by atoms with Gasteiger partial charge >= 0.3 is 6.55 Å². The Morgan fingerprint density at radius 2 is 2.07 bits per heavy atom. The zero-order valence-electron chi connectivity index (χ0n) is 7.32. The fourth-order valence-electron chi connectivity index (χ4n) is 1.59. The molecule has 0 atom stereocenters. The van der Waals surface area contributed by atoms with Gasteiger partial charge in [0.15, 0.2) is 0 Å². The van der Waals surface area contributed by atoms with E-state index in [0.29, 0.717) is 11.1 Å². The molecule has 0 fully saturated rings. The van der Waals surface area contributed by atoms with Gasteiger partial charge in [0.25, 0.3) is 0 Å². The average molecular weight is 197 g/mol. The van der Waals surface area contributed by atoms with Gasteiger partial charge in [0.2, 0.25) is 0 Å². The highest BCUT2D eigenvalue weighted by molar-refractivity contribution is 5.83. The molecule has 1 N–H and O–H groups in total. The minimum atomic E-state index is -2.57. The Kier molecular flexibility index (Phi) is 2.21. The summed E-state index contributed by atoms with van der Waals surface area (Å²) in [7, 11) is 0. The Bertz CT molecular complexity index is 450. The smallest absolute Gasteiger partial charge is 0.319 e. The Morgan fingerprint density at radius 1 is 1.29 bits per heavy atom. The van der Waals surface area contributed by atoms with E-state index >= 15 is 0 Å². The number of fused-ring (bicyclic) bond motifs is 1. The molecule has 0 aliphatic heterocycles. The zero-order valence-corrected chi connectivity index (χ0v) is 7.32. The minimum Gasteiger partial charge on any atom is -0.392 e. The molecular weight excluding hydrogens is 188 g/mol. The van der Waals surface area contributed by atoms with E-state index in [1.165, 1.54) is 6.20 Å². The van der Waals surface area contributed by atoms with Crippen LogP contribution in [0.3, 0.4) is 0 Å². The summed E-state index contributed by atoms with van der Waals surface area (Å²) < 4.78 is 25.9. The Labute approximate surface area is 79.4 Å². The number of aromatic nitrogens is 1. The number of nitrogens with zero attached hydrogens (tertiary/aromatic N) is 1. The van der Waals surface area contributed by atoms with Crippen molar-refractivity contribution in [2.75, 3.05) is 0 Å². The highest BCUT2D eigenvalue weighted by Gasteiger charge is 2.11. The number of benzene rings is 1. The van der Waals surface area contributed by atoms with Crippen LogP contribution in [0.25, 0.3) is 10.9 Å². The molecule has 0 spiro atoms. The summed E-state index contributed by atoms with van der Waals surface area (Å²) >= 11 is 0. The van der Waals surface area contributed by atoms with E-state index in [0.717, 1.165) is 9.95 Å². The maximum atomic E-state index is 12.5. The second-order valence-corrected chi connectivity index (χ2v) is 3.01. The molecule has 0 amide bonds. The normalized spacial score (nSPS) is 11.4. The molecule has 0 aliphatic rings. The molecule has 1 heterocycles. The average Bonchev–Trinajstić information content (AvgIpc) is 2.60. The number of hydrogen-bond donors (Lipinski definition) is 1. The summed E-state index contributed by atoms with van der Waals surface area (Å²) in [5, 5.41) is 9.72. The molecule has 2 nitrogen and oxygen atoms in total. The van der Waals surface area contributed by atoms with Crippen LogP contribution >= 0.6 is 0 Å². The maximum Gasteiger partial charge on any atom is 0.319 e. The minimum absolute atomic E-state index is 0.228. The van der Waals surface area contributed by atoms with Crippen LogP contribution in [-0.2, 0) is 6.61 Å². The fraction of sp³-hybridized carbons (Fsp3) is 0.200. The molecule has 0 saturated heterocycles. The highest BCUT2D eigenvalue weighted by Crippen LogP contribution is 2.24. The van der Waals surface area contributed by atoms with Crippen LogP contribution in [0, 0.1) is 0 Å². The second-order valence-electron chi connectivity index (χ2n) is 3.01. The molecular formula is C10H9F2NO. The summed E-state index contributed by atoms with van der Waals surface area (Å²) in [6, 6.07) is 6.74. The Balaban J connectivity index is 2.74. The number of aliphatic hydroxyl groups is 1. The van der Waals surface area contributed by atoms with Gasteiger partial charge < -0.3 is 5.11 Å². The number of rotatable bonds is 2. The predicted octanol–water partition coefficient (Wildman–Crippen LogP) is 2.53. The van der Waals surface area contributed by atoms with Crippen molar-refractivity contribution in [1.29, 1.82) is 0 Å². The van der Waals surface area contributed by atoms with Crippen LogP contribution < -0.4 is 0 Å². The van der Waals surface area contributed by atoms with Crippen LogP contribution in [-0.4, -0.2) is 9.67 Å². The van der Waals surface area contributed by atoms with E-state index in [1.807, 2.05) is 0 Å². The molecule has 1 aromatic carbocycles. The number of halogens is 2. The molecule has 2 rings (SSSR count). The van der Waals surface area contributed by atoms with E-state index in [1.54, 1.807) is 24.3 Å². The fourth-order valence-corrected chi connectivity index (χ4v) is 1.59. The van der Waals surface area contributed by atoms with E-state index in [2.05, 4.69) is 0 Å². The van der Waals surface area contributed by atoms with Gasteiger partial charge in [0, 0.05) is 17.1 Å². The van der Waals surface area contributed by atoms with E-state index in [-0.39, 0.29) is 6.61 Å². The number of para-hydroxylation sites is 1. The molecule has 74 valence electrons. The van der Waals surface area contributed by atoms with Crippen LogP contribution in [0.15, 0.2) is 30.5 Å². The van der Waals surface area contributed by atoms with Gasteiger partial charge in [0.1, 0.15) is 0 Å². The van der Waals surface area contributed by atoms with Crippen molar-refractivity contribution in [2.24, 2.45) is 0 Å². The summed E-state index contributed by atoms with van der Waals surface area (Å²) in [5.41, 5.74) is 0.929. The van der Waals surface area contributed by atoms with Gasteiger partial charge in [-0.15, -0.1) is 0 Å². The second kappa shape index (κ2) is 3.38. The first-order chi connectivity index (χ1) is 6.74. The van der Waals surface area contributed by atoms with Crippen molar-refractivity contribution in [3.63, 3.8) is 0 Å². The van der Waals surface area contributed by atoms with Gasteiger partial charge in [-0.2, -0.15) is 8.78 Å². The molecule has 0 bridgehead atoms. The monoisotopic (exact) mass is 197 g/mol. The van der Waals surface area contributed by atoms with Crippen molar-refractivity contribution >= 4 is 10.9 Å². The number of alkyl halides is 2. The summed E-state index contributed by atoms with van der Waals surface area (Å²) in [5.74, 6) is 0. The number of aliphatic hydroxyl groups excluding tert-OH is 1. The zero-order chi connectivity index (χ0) is 10.1. The van der Waals surface area contributed by atoms with E-state index in [4.69, 9.17) is 5.11 Å². The van der Waals surface area contributed by atoms with Crippen molar-refractivity contribution in [3.8, 4) is 0 Å². The van der Waals surface area contributed by atoms with Crippen LogP contribution in [0.5, 0.6) is 0 Å². The van der Waals surface area contributed by atoms with Gasteiger partial charge in [-0.25, -0.2) is 0 Å². The van der Waals surface area contributed by atoms with Crippen molar-refractivity contribution in [2.45, 2.75) is 13.2 Å². The van der Waals surface area contributed by atoms with Gasteiger partial charge in [-0.3, -0.25) is 4.57 Å². The van der Waals surface area contributed by atoms with Crippen molar-refractivity contribution in [3.05, 3.63) is 36.0 Å². The molecule has 2 aromatic rings. The molecule has 0 saturated carbocycles. The van der Waals surface area contributed by atoms with Gasteiger partial charge in [-0.05, 0) is 6.07 Å². The van der Waals surface area contributed by atoms with Crippen LogP contribution in [0.4, 0.5) is 8.78 Å². The van der Waals surface area contributed by atoms with E-state index in [9.17, 15) is 8.78 Å². The molecule has 1 aromatic heterocycles. The lowest BCUT2D eigenvalue weighted by Crippen LogP contribution is -1.98. The molecule has 0 aliphatic carbocycles. The standard InChI is InChI=1S/C10H9F2NO/c11-10(12)13-5-4-7-2-1-3-8(6-14)9(7)13/h1-5,10,14H,6H2. The summed E-state index contributed by atoms with van der Waals surface area (Å²) in [4.78, 5) is 0.